The highest BCUT2D eigenvalue weighted by Gasteiger charge is 2.22. The molecule has 0 aromatic heterocycles. The molecule has 6 heteroatoms. The number of rotatable bonds is 10. The second-order valence-electron chi connectivity index (χ2n) is 7.37. The molecule has 6 nitrogen and oxygen atoms in total. The van der Waals surface area contributed by atoms with Crippen molar-refractivity contribution in [2.24, 2.45) is 10.9 Å². The van der Waals surface area contributed by atoms with Gasteiger partial charge in [0.1, 0.15) is 0 Å². The average molecular weight is 375 g/mol. The molecule has 0 atom stereocenters. The molecule has 1 aromatic carbocycles. The quantitative estimate of drug-likeness (QED) is 0.375. The van der Waals surface area contributed by atoms with Gasteiger partial charge in [-0.3, -0.25) is 9.79 Å². The maximum Gasteiger partial charge on any atom is 0.223 e. The zero-order valence-corrected chi connectivity index (χ0v) is 17.0. The van der Waals surface area contributed by atoms with Crippen LogP contribution >= 0.6 is 0 Å². The third-order valence-electron chi connectivity index (χ3n) is 4.49. The summed E-state index contributed by atoms with van der Waals surface area (Å²) in [5.41, 5.74) is 2.54. The Kier molecular flexibility index (Phi) is 9.11. The highest BCUT2D eigenvalue weighted by atomic mass is 16.5. The normalized spacial score (nSPS) is 13.8. The predicted octanol–water partition coefficient (Wildman–Crippen LogP) is 2.54. The number of guanidine groups is 1. The lowest BCUT2D eigenvalue weighted by Crippen LogP contribution is -2.38. The van der Waals surface area contributed by atoms with Crippen molar-refractivity contribution in [2.45, 2.75) is 46.2 Å². The van der Waals surface area contributed by atoms with E-state index in [1.165, 1.54) is 11.1 Å². The number of nitrogens with one attached hydrogen (secondary N) is 2. The van der Waals surface area contributed by atoms with Crippen LogP contribution in [0.5, 0.6) is 0 Å². The van der Waals surface area contributed by atoms with Crippen molar-refractivity contribution < 1.29 is 9.53 Å². The van der Waals surface area contributed by atoms with Crippen LogP contribution in [-0.2, 0) is 22.6 Å². The molecule has 0 saturated carbocycles. The molecule has 0 aliphatic carbocycles. The fourth-order valence-corrected chi connectivity index (χ4v) is 3.03. The van der Waals surface area contributed by atoms with Crippen LogP contribution in [0.1, 0.15) is 44.2 Å². The van der Waals surface area contributed by atoms with Gasteiger partial charge in [-0.1, -0.05) is 38.1 Å². The molecule has 0 radical (unpaired) electrons. The first kappa shape index (κ1) is 21.2. The summed E-state index contributed by atoms with van der Waals surface area (Å²) in [5, 5.41) is 6.55. The molecule has 0 spiro atoms. The summed E-state index contributed by atoms with van der Waals surface area (Å²) in [6, 6.07) is 8.28. The van der Waals surface area contributed by atoms with Gasteiger partial charge in [0, 0.05) is 52.9 Å². The number of carbonyl (C=O) groups is 1. The van der Waals surface area contributed by atoms with Gasteiger partial charge in [0.25, 0.3) is 0 Å². The van der Waals surface area contributed by atoms with E-state index in [0.29, 0.717) is 12.3 Å². The maximum absolute atomic E-state index is 12.4. The molecule has 0 fully saturated rings. The molecule has 150 valence electrons. The van der Waals surface area contributed by atoms with Crippen LogP contribution in [-0.4, -0.2) is 50.1 Å². The summed E-state index contributed by atoms with van der Waals surface area (Å²) in [7, 11) is 1.76. The Morgan fingerprint density at radius 3 is 2.37 bits per heavy atom. The van der Waals surface area contributed by atoms with Crippen LogP contribution in [0.3, 0.4) is 0 Å². The number of hydrogen-bond donors (Lipinski definition) is 2. The van der Waals surface area contributed by atoms with Crippen molar-refractivity contribution in [3.63, 3.8) is 0 Å². The number of fused-ring (bicyclic) bond motifs is 1. The van der Waals surface area contributed by atoms with Gasteiger partial charge in [0.05, 0.1) is 0 Å². The lowest BCUT2D eigenvalue weighted by molar-refractivity contribution is -0.131. The number of amides is 1. The Labute approximate surface area is 163 Å². The number of carbonyl (C=O) groups excluding carboxylic acids is 1. The van der Waals surface area contributed by atoms with Crippen LogP contribution in [0.4, 0.5) is 0 Å². The minimum absolute atomic E-state index is 0.221. The molecule has 1 aliphatic rings. The molecule has 1 heterocycles. The summed E-state index contributed by atoms with van der Waals surface area (Å²) in [4.78, 5) is 18.5. The first-order valence-corrected chi connectivity index (χ1v) is 9.97. The van der Waals surface area contributed by atoms with Crippen molar-refractivity contribution in [3.05, 3.63) is 35.4 Å². The molecule has 0 saturated heterocycles. The molecule has 27 heavy (non-hydrogen) atoms. The Balaban J connectivity index is 1.54. The minimum Gasteiger partial charge on any atom is -0.381 e. The second-order valence-corrected chi connectivity index (χ2v) is 7.37. The van der Waals surface area contributed by atoms with E-state index in [-0.39, 0.29) is 5.91 Å². The Morgan fingerprint density at radius 1 is 1.15 bits per heavy atom. The van der Waals surface area contributed by atoms with E-state index in [1.54, 1.807) is 7.05 Å². The topological polar surface area (TPSA) is 66.0 Å². The fraction of sp³-hybridized carbons (Fsp3) is 0.619. The van der Waals surface area contributed by atoms with Gasteiger partial charge < -0.3 is 20.3 Å². The third-order valence-corrected chi connectivity index (χ3v) is 4.49. The third kappa shape index (κ3) is 7.59. The Morgan fingerprint density at radius 2 is 1.78 bits per heavy atom. The van der Waals surface area contributed by atoms with Gasteiger partial charge in [0.2, 0.25) is 5.91 Å². The van der Waals surface area contributed by atoms with Crippen molar-refractivity contribution in [3.8, 4) is 0 Å². The summed E-state index contributed by atoms with van der Waals surface area (Å²) in [6.45, 7) is 8.90. The van der Waals surface area contributed by atoms with Gasteiger partial charge in [-0.2, -0.15) is 0 Å². The van der Waals surface area contributed by atoms with E-state index in [2.05, 4.69) is 41.6 Å². The first-order chi connectivity index (χ1) is 13.1. The SMILES string of the molecule is CN=C(NCCCOCC(C)C)NCCCC(=O)N1Cc2ccccc2C1. The molecule has 0 unspecified atom stereocenters. The van der Waals surface area contributed by atoms with Crippen LogP contribution in [0.2, 0.25) is 0 Å². The summed E-state index contributed by atoms with van der Waals surface area (Å²) >= 11 is 0. The van der Waals surface area contributed by atoms with Crippen molar-refractivity contribution in [2.75, 3.05) is 33.4 Å². The molecule has 2 rings (SSSR count). The predicted molar refractivity (Wildman–Crippen MR) is 110 cm³/mol. The lowest BCUT2D eigenvalue weighted by Gasteiger charge is -2.16. The average Bonchev–Trinajstić information content (AvgIpc) is 3.10. The standard InChI is InChI=1S/C21H34N4O2/c1-17(2)16-27-13-7-12-24-21(22-3)23-11-6-10-20(26)25-14-18-8-4-5-9-19(18)15-25/h4-5,8-9,17H,6-7,10-16H2,1-3H3,(H2,22,23,24). The van der Waals surface area contributed by atoms with Crippen LogP contribution in [0.15, 0.2) is 29.3 Å². The lowest BCUT2D eigenvalue weighted by atomic mass is 10.1. The van der Waals surface area contributed by atoms with Gasteiger partial charge >= 0.3 is 0 Å². The van der Waals surface area contributed by atoms with Crippen LogP contribution in [0.25, 0.3) is 0 Å². The summed E-state index contributed by atoms with van der Waals surface area (Å²) in [6.07, 6.45) is 2.30. The second kappa shape index (κ2) is 11.6. The van der Waals surface area contributed by atoms with Gasteiger partial charge in [-0.15, -0.1) is 0 Å². The molecular weight excluding hydrogens is 340 g/mol. The van der Waals surface area contributed by atoms with Gasteiger partial charge in [0.15, 0.2) is 5.96 Å². The Bertz CT molecular complexity index is 591. The highest BCUT2D eigenvalue weighted by molar-refractivity contribution is 5.80. The van der Waals surface area contributed by atoms with E-state index < -0.39 is 0 Å². The molecule has 2 N–H and O–H groups in total. The van der Waals surface area contributed by atoms with E-state index >= 15 is 0 Å². The smallest absolute Gasteiger partial charge is 0.223 e. The minimum atomic E-state index is 0.221. The van der Waals surface area contributed by atoms with Crippen molar-refractivity contribution >= 4 is 11.9 Å². The number of hydrogen-bond acceptors (Lipinski definition) is 3. The summed E-state index contributed by atoms with van der Waals surface area (Å²) in [5.74, 6) is 1.57. The largest absolute Gasteiger partial charge is 0.381 e. The number of ether oxygens (including phenoxy) is 1. The Hall–Kier alpha value is -2.08. The first-order valence-electron chi connectivity index (χ1n) is 9.97. The maximum atomic E-state index is 12.4. The van der Waals surface area contributed by atoms with E-state index in [4.69, 9.17) is 4.74 Å². The van der Waals surface area contributed by atoms with Gasteiger partial charge in [-0.25, -0.2) is 0 Å². The van der Waals surface area contributed by atoms with Crippen LogP contribution < -0.4 is 10.6 Å². The van der Waals surface area contributed by atoms with E-state index in [9.17, 15) is 4.79 Å². The van der Waals surface area contributed by atoms with Crippen LogP contribution in [0, 0.1) is 5.92 Å². The highest BCUT2D eigenvalue weighted by Crippen LogP contribution is 2.22. The molecule has 0 bridgehead atoms. The fourth-order valence-electron chi connectivity index (χ4n) is 3.03. The zero-order valence-electron chi connectivity index (χ0n) is 17.0. The number of nitrogens with zero attached hydrogens (tertiary/aromatic N) is 2. The molecule has 1 amide bonds. The molecule has 1 aromatic rings. The monoisotopic (exact) mass is 374 g/mol. The molecule has 1 aliphatic heterocycles. The van der Waals surface area contributed by atoms with E-state index in [1.807, 2.05) is 17.0 Å². The number of benzene rings is 1. The van der Waals surface area contributed by atoms with E-state index in [0.717, 1.165) is 58.2 Å². The van der Waals surface area contributed by atoms with Crippen molar-refractivity contribution in [1.82, 2.24) is 15.5 Å². The van der Waals surface area contributed by atoms with Gasteiger partial charge in [-0.05, 0) is 29.9 Å². The van der Waals surface area contributed by atoms with Crippen molar-refractivity contribution in [1.29, 1.82) is 0 Å². The molecular formula is C21H34N4O2. The zero-order chi connectivity index (χ0) is 19.5. The summed E-state index contributed by atoms with van der Waals surface area (Å²) < 4.78 is 5.57. The number of aliphatic imine (C=N–C) groups is 1.